The van der Waals surface area contributed by atoms with E-state index in [9.17, 15) is 4.79 Å². The molecule has 0 bridgehead atoms. The third-order valence-corrected chi connectivity index (χ3v) is 3.77. The van der Waals surface area contributed by atoms with E-state index in [4.69, 9.17) is 4.74 Å². The van der Waals surface area contributed by atoms with Crippen LogP contribution in [-0.2, 0) is 11.3 Å². The summed E-state index contributed by atoms with van der Waals surface area (Å²) in [4.78, 5) is 11.7. The normalized spacial score (nSPS) is 10.1. The van der Waals surface area contributed by atoms with Gasteiger partial charge in [0.1, 0.15) is 0 Å². The van der Waals surface area contributed by atoms with Gasteiger partial charge in [0.15, 0.2) is 0 Å². The van der Waals surface area contributed by atoms with Gasteiger partial charge in [-0.15, -0.1) is 0 Å². The molecule has 0 aliphatic heterocycles. The summed E-state index contributed by atoms with van der Waals surface area (Å²) in [5, 5.41) is 2.85. The van der Waals surface area contributed by atoms with Crippen LogP contribution < -0.4 is 5.32 Å². The average molecular weight is 320 g/mol. The quantitative estimate of drug-likeness (QED) is 0.656. The minimum absolute atomic E-state index is 0.0340. The van der Waals surface area contributed by atoms with Crippen LogP contribution in [0.3, 0.4) is 0 Å². The van der Waals surface area contributed by atoms with E-state index in [2.05, 4.69) is 5.32 Å². The fourth-order valence-electron chi connectivity index (χ4n) is 1.50. The number of carbonyl (C=O) groups excluding carboxylic acids is 1. The van der Waals surface area contributed by atoms with Crippen molar-refractivity contribution in [2.75, 3.05) is 10.8 Å². The third-order valence-electron chi connectivity index (χ3n) is 2.41. The van der Waals surface area contributed by atoms with Gasteiger partial charge in [0.2, 0.25) is 0 Å². The molecule has 0 heterocycles. The SMILES string of the molecule is O=C(Nc1ccccc1)[Se]COCc1ccccc1. The van der Waals surface area contributed by atoms with E-state index >= 15 is 0 Å². The van der Waals surface area contributed by atoms with Gasteiger partial charge in [-0.1, -0.05) is 0 Å². The molecular formula is C15H15NO2Se. The molecule has 19 heavy (non-hydrogen) atoms. The monoisotopic (exact) mass is 321 g/mol. The molecule has 1 amide bonds. The molecule has 4 heteroatoms. The second-order valence-corrected chi connectivity index (χ2v) is 5.75. The molecule has 2 rings (SSSR count). The number of rotatable bonds is 6. The van der Waals surface area contributed by atoms with Gasteiger partial charge in [-0.25, -0.2) is 0 Å². The number of hydrogen-bond acceptors (Lipinski definition) is 2. The number of hydrogen-bond donors (Lipinski definition) is 1. The molecule has 2 aromatic rings. The van der Waals surface area contributed by atoms with Crippen molar-refractivity contribution in [3.05, 3.63) is 66.2 Å². The maximum atomic E-state index is 11.7. The van der Waals surface area contributed by atoms with E-state index < -0.39 is 0 Å². The summed E-state index contributed by atoms with van der Waals surface area (Å²) in [5.74, 6) is 0. The Bertz CT molecular complexity index is 502. The zero-order valence-corrected chi connectivity index (χ0v) is 12.1. The van der Waals surface area contributed by atoms with Gasteiger partial charge >= 0.3 is 119 Å². The summed E-state index contributed by atoms with van der Waals surface area (Å²) in [6.07, 6.45) is 0. The standard InChI is InChI=1S/C15H15NO2Se/c17-15(16-14-9-5-2-6-10-14)19-12-18-11-13-7-3-1-4-8-13/h1-10H,11-12H2,(H,16,17). The van der Waals surface area contributed by atoms with Crippen LogP contribution in [0.4, 0.5) is 10.5 Å². The number of carbonyl (C=O) groups is 1. The first-order valence-electron chi connectivity index (χ1n) is 5.95. The topological polar surface area (TPSA) is 38.3 Å². The molecule has 0 aromatic heterocycles. The van der Waals surface area contributed by atoms with E-state index in [0.717, 1.165) is 11.3 Å². The Kier molecular flexibility index (Phi) is 5.63. The van der Waals surface area contributed by atoms with Gasteiger partial charge in [0.25, 0.3) is 0 Å². The average Bonchev–Trinajstić information content (AvgIpc) is 2.46. The molecule has 1 N–H and O–H groups in total. The van der Waals surface area contributed by atoms with Crippen LogP contribution in [0.15, 0.2) is 60.7 Å². The predicted octanol–water partition coefficient (Wildman–Crippen LogP) is 3.10. The van der Waals surface area contributed by atoms with E-state index in [-0.39, 0.29) is 19.8 Å². The Morgan fingerprint density at radius 2 is 1.63 bits per heavy atom. The summed E-state index contributed by atoms with van der Waals surface area (Å²) < 4.78 is 5.49. The molecule has 0 saturated carbocycles. The first-order valence-corrected chi connectivity index (χ1v) is 8.02. The van der Waals surface area contributed by atoms with Gasteiger partial charge in [0, 0.05) is 0 Å². The zero-order chi connectivity index (χ0) is 13.3. The Hall–Kier alpha value is -1.61. The molecule has 0 spiro atoms. The molecule has 2 aromatic carbocycles. The van der Waals surface area contributed by atoms with Crippen molar-refractivity contribution in [1.82, 2.24) is 0 Å². The minimum atomic E-state index is -0.204. The molecule has 0 aliphatic rings. The first kappa shape index (κ1) is 13.8. The van der Waals surface area contributed by atoms with Gasteiger partial charge in [-0.3, -0.25) is 0 Å². The van der Waals surface area contributed by atoms with Gasteiger partial charge < -0.3 is 0 Å². The first-order chi connectivity index (χ1) is 9.34. The molecule has 0 aliphatic carbocycles. The number of para-hydroxylation sites is 1. The molecule has 0 unspecified atom stereocenters. The van der Waals surface area contributed by atoms with E-state index in [0.29, 0.717) is 12.1 Å². The zero-order valence-electron chi connectivity index (χ0n) is 10.4. The molecule has 0 radical (unpaired) electrons. The van der Waals surface area contributed by atoms with E-state index in [1.165, 1.54) is 0 Å². The van der Waals surface area contributed by atoms with Crippen molar-refractivity contribution in [3.8, 4) is 0 Å². The molecule has 3 nitrogen and oxygen atoms in total. The molecule has 0 atom stereocenters. The molecule has 0 fully saturated rings. The number of nitrogens with one attached hydrogen (secondary N) is 1. The summed E-state index contributed by atoms with van der Waals surface area (Å²) in [6, 6.07) is 19.4. The van der Waals surface area contributed by atoms with Gasteiger partial charge in [-0.2, -0.15) is 0 Å². The van der Waals surface area contributed by atoms with Gasteiger partial charge in [0.05, 0.1) is 0 Å². The van der Waals surface area contributed by atoms with Crippen molar-refractivity contribution in [1.29, 1.82) is 0 Å². The van der Waals surface area contributed by atoms with Crippen molar-refractivity contribution < 1.29 is 9.53 Å². The van der Waals surface area contributed by atoms with Crippen LogP contribution in [0, 0.1) is 0 Å². The molecule has 98 valence electrons. The summed E-state index contributed by atoms with van der Waals surface area (Å²) in [5.41, 5.74) is 2.44. The van der Waals surface area contributed by atoms with Crippen LogP contribution in [0.2, 0.25) is 0 Å². The number of anilines is 1. The Morgan fingerprint density at radius 1 is 1.00 bits per heavy atom. The van der Waals surface area contributed by atoms with Crippen molar-refractivity contribution in [2.45, 2.75) is 6.61 Å². The van der Waals surface area contributed by atoms with Crippen molar-refractivity contribution in [3.63, 3.8) is 0 Å². The fraction of sp³-hybridized carbons (Fsp3) is 0.133. The van der Waals surface area contributed by atoms with Crippen molar-refractivity contribution >= 4 is 25.4 Å². The summed E-state index contributed by atoms with van der Waals surface area (Å²) in [7, 11) is 0. The Morgan fingerprint density at radius 3 is 2.32 bits per heavy atom. The van der Waals surface area contributed by atoms with Crippen LogP contribution in [0.25, 0.3) is 0 Å². The number of amides is 1. The molecular weight excluding hydrogens is 305 g/mol. The Labute approximate surface area is 119 Å². The third kappa shape index (κ3) is 5.26. The summed E-state index contributed by atoms with van der Waals surface area (Å²) in [6.45, 7) is 0.557. The number of benzene rings is 2. The van der Waals surface area contributed by atoms with Gasteiger partial charge in [-0.05, 0) is 0 Å². The summed E-state index contributed by atoms with van der Waals surface area (Å²) >= 11 is -0.204. The predicted molar refractivity (Wildman–Crippen MR) is 77.3 cm³/mol. The second-order valence-electron chi connectivity index (χ2n) is 3.87. The van der Waals surface area contributed by atoms with Crippen LogP contribution in [0.1, 0.15) is 5.56 Å². The maximum absolute atomic E-state index is 11.7. The van der Waals surface area contributed by atoms with Crippen molar-refractivity contribution in [2.24, 2.45) is 0 Å². The van der Waals surface area contributed by atoms with Crippen LogP contribution in [0.5, 0.6) is 0 Å². The van der Waals surface area contributed by atoms with E-state index in [1.54, 1.807) is 0 Å². The second kappa shape index (κ2) is 7.74. The fourth-order valence-corrected chi connectivity index (χ4v) is 2.48. The van der Waals surface area contributed by atoms with E-state index in [1.807, 2.05) is 60.7 Å². The van der Waals surface area contributed by atoms with Crippen LogP contribution >= 0.6 is 0 Å². The molecule has 0 saturated heterocycles. The Balaban J connectivity index is 1.65. The number of ether oxygens (including phenoxy) is 1. The van der Waals surface area contributed by atoms with Crippen LogP contribution in [-0.4, -0.2) is 25.3 Å².